The van der Waals surface area contributed by atoms with Gasteiger partial charge >= 0.3 is 0 Å². The van der Waals surface area contributed by atoms with Crippen molar-refractivity contribution in [2.75, 3.05) is 49.7 Å². The fraction of sp³-hybridized carbons (Fsp3) is 0.478. The van der Waals surface area contributed by atoms with Crippen LogP contribution in [0.2, 0.25) is 0 Å². The smallest absolute Gasteiger partial charge is 0.261 e. The van der Waals surface area contributed by atoms with Crippen molar-refractivity contribution in [2.24, 2.45) is 0 Å². The third kappa shape index (κ3) is 3.87. The second-order valence-corrected chi connectivity index (χ2v) is 8.24. The normalized spacial score (nSPS) is 16.5. The molecule has 8 heteroatoms. The zero-order chi connectivity index (χ0) is 21.2. The molecular weight excluding hydrogens is 392 g/mol. The monoisotopic (exact) mass is 420 g/mol. The highest BCUT2D eigenvalue weighted by atomic mass is 16.5. The molecule has 1 saturated heterocycles. The Labute approximate surface area is 181 Å². The van der Waals surface area contributed by atoms with Gasteiger partial charge in [0.15, 0.2) is 0 Å². The van der Waals surface area contributed by atoms with Crippen LogP contribution < -0.4 is 15.4 Å². The summed E-state index contributed by atoms with van der Waals surface area (Å²) in [6.45, 7) is 4.67. The standard InChI is InChI=1S/C23H28N6O2/c1-31-13-12-29-16-26-21-14-17(6-7-19(21)23(29)30)27-8-10-28(11-9-27)22-18-4-2-3-5-20(18)24-15-25-22/h6-7,14-16H,2-5,8-13H2,1H3. The number of ether oxygens (including phenoxy) is 1. The number of aryl methyl sites for hydroxylation is 1. The highest BCUT2D eigenvalue weighted by Gasteiger charge is 2.24. The Balaban J connectivity index is 1.32. The lowest BCUT2D eigenvalue weighted by molar-refractivity contribution is 0.186. The first-order valence-electron chi connectivity index (χ1n) is 11.1. The van der Waals surface area contributed by atoms with Gasteiger partial charge in [0.2, 0.25) is 0 Å². The second kappa shape index (κ2) is 8.63. The van der Waals surface area contributed by atoms with Crippen molar-refractivity contribution < 1.29 is 4.74 Å². The first kappa shape index (κ1) is 19.9. The van der Waals surface area contributed by atoms with E-state index in [0.717, 1.165) is 56.0 Å². The quantitative estimate of drug-likeness (QED) is 0.625. The van der Waals surface area contributed by atoms with Gasteiger partial charge in [-0.3, -0.25) is 9.36 Å². The summed E-state index contributed by atoms with van der Waals surface area (Å²) in [4.78, 5) is 31.1. The van der Waals surface area contributed by atoms with E-state index in [1.807, 2.05) is 18.2 Å². The molecule has 0 saturated carbocycles. The molecule has 3 aromatic rings. The largest absolute Gasteiger partial charge is 0.383 e. The van der Waals surface area contributed by atoms with Crippen LogP contribution in [0.1, 0.15) is 24.1 Å². The van der Waals surface area contributed by atoms with Gasteiger partial charge in [-0.15, -0.1) is 0 Å². The number of piperazine rings is 1. The molecular formula is C23H28N6O2. The first-order valence-corrected chi connectivity index (χ1v) is 11.1. The van der Waals surface area contributed by atoms with E-state index in [2.05, 4.69) is 24.8 Å². The number of hydrogen-bond donors (Lipinski definition) is 0. The van der Waals surface area contributed by atoms with E-state index < -0.39 is 0 Å². The van der Waals surface area contributed by atoms with E-state index in [1.54, 1.807) is 24.3 Å². The topological polar surface area (TPSA) is 76.4 Å². The van der Waals surface area contributed by atoms with E-state index in [4.69, 9.17) is 4.74 Å². The summed E-state index contributed by atoms with van der Waals surface area (Å²) < 4.78 is 6.68. The van der Waals surface area contributed by atoms with Crippen molar-refractivity contribution in [3.05, 3.63) is 52.5 Å². The molecule has 0 radical (unpaired) electrons. The summed E-state index contributed by atoms with van der Waals surface area (Å²) in [5, 5.41) is 0.647. The van der Waals surface area contributed by atoms with Crippen molar-refractivity contribution in [1.82, 2.24) is 19.5 Å². The summed E-state index contributed by atoms with van der Waals surface area (Å²) in [5.74, 6) is 1.13. The van der Waals surface area contributed by atoms with Gasteiger partial charge in [0.25, 0.3) is 5.56 Å². The average molecular weight is 421 g/mol. The van der Waals surface area contributed by atoms with E-state index in [0.29, 0.717) is 18.5 Å². The van der Waals surface area contributed by atoms with Gasteiger partial charge in [-0.05, 0) is 43.9 Å². The molecule has 5 rings (SSSR count). The molecule has 3 heterocycles. The zero-order valence-electron chi connectivity index (χ0n) is 18.0. The summed E-state index contributed by atoms with van der Waals surface area (Å²) in [5.41, 5.74) is 4.41. The second-order valence-electron chi connectivity index (χ2n) is 8.24. The molecule has 2 aliphatic rings. The van der Waals surface area contributed by atoms with Crippen molar-refractivity contribution >= 4 is 22.4 Å². The Hall–Kier alpha value is -3.00. The van der Waals surface area contributed by atoms with Crippen LogP contribution in [0.3, 0.4) is 0 Å². The summed E-state index contributed by atoms with van der Waals surface area (Å²) in [6.07, 6.45) is 7.95. The minimum atomic E-state index is -0.0213. The van der Waals surface area contributed by atoms with Gasteiger partial charge in [0.1, 0.15) is 12.1 Å². The highest BCUT2D eigenvalue weighted by molar-refractivity contribution is 5.81. The molecule has 8 nitrogen and oxygen atoms in total. The predicted octanol–water partition coefficient (Wildman–Crippen LogP) is 2.04. The van der Waals surface area contributed by atoms with Gasteiger partial charge in [0.05, 0.1) is 30.4 Å². The first-order chi connectivity index (χ1) is 15.2. The molecule has 2 aromatic heterocycles. The Morgan fingerprint density at radius 1 is 1.00 bits per heavy atom. The van der Waals surface area contributed by atoms with Crippen LogP contribution in [0.5, 0.6) is 0 Å². The maximum absolute atomic E-state index is 12.7. The molecule has 1 aliphatic carbocycles. The van der Waals surface area contributed by atoms with Gasteiger partial charge in [-0.2, -0.15) is 0 Å². The Bertz CT molecular complexity index is 1140. The van der Waals surface area contributed by atoms with E-state index >= 15 is 0 Å². The molecule has 0 spiro atoms. The number of methoxy groups -OCH3 is 1. The fourth-order valence-corrected chi connectivity index (χ4v) is 4.65. The lowest BCUT2D eigenvalue weighted by Gasteiger charge is -2.38. The summed E-state index contributed by atoms with van der Waals surface area (Å²) >= 11 is 0. The van der Waals surface area contributed by atoms with E-state index in [1.165, 1.54) is 24.1 Å². The summed E-state index contributed by atoms with van der Waals surface area (Å²) in [7, 11) is 1.63. The van der Waals surface area contributed by atoms with Crippen LogP contribution in [0.15, 0.2) is 35.6 Å². The SMILES string of the molecule is COCCn1cnc2cc(N3CCN(c4ncnc5c4CCCC5)CC3)ccc2c1=O. The van der Waals surface area contributed by atoms with Crippen LogP contribution in [-0.4, -0.2) is 59.4 Å². The Morgan fingerprint density at radius 3 is 2.65 bits per heavy atom. The van der Waals surface area contributed by atoms with Crippen LogP contribution in [0.4, 0.5) is 11.5 Å². The molecule has 0 amide bonds. The average Bonchev–Trinajstić information content (AvgIpc) is 2.83. The molecule has 0 atom stereocenters. The van der Waals surface area contributed by atoms with Crippen molar-refractivity contribution in [1.29, 1.82) is 0 Å². The third-order valence-electron chi connectivity index (χ3n) is 6.39. The number of rotatable bonds is 5. The predicted molar refractivity (Wildman–Crippen MR) is 121 cm³/mol. The van der Waals surface area contributed by atoms with Crippen LogP contribution in [0, 0.1) is 0 Å². The maximum atomic E-state index is 12.7. The number of nitrogens with zero attached hydrogens (tertiary/aromatic N) is 6. The molecule has 0 bridgehead atoms. The van der Waals surface area contributed by atoms with Gasteiger partial charge < -0.3 is 14.5 Å². The fourth-order valence-electron chi connectivity index (χ4n) is 4.65. The van der Waals surface area contributed by atoms with E-state index in [-0.39, 0.29) is 5.56 Å². The number of aromatic nitrogens is 4. The molecule has 0 N–H and O–H groups in total. The molecule has 31 heavy (non-hydrogen) atoms. The van der Waals surface area contributed by atoms with Crippen LogP contribution >= 0.6 is 0 Å². The zero-order valence-corrected chi connectivity index (χ0v) is 18.0. The molecule has 1 aliphatic heterocycles. The summed E-state index contributed by atoms with van der Waals surface area (Å²) in [6, 6.07) is 5.96. The molecule has 162 valence electrons. The highest BCUT2D eigenvalue weighted by Crippen LogP contribution is 2.28. The minimum absolute atomic E-state index is 0.0213. The number of hydrogen-bond acceptors (Lipinski definition) is 7. The van der Waals surface area contributed by atoms with Crippen LogP contribution in [-0.2, 0) is 24.1 Å². The number of benzene rings is 1. The minimum Gasteiger partial charge on any atom is -0.383 e. The van der Waals surface area contributed by atoms with Crippen LogP contribution in [0.25, 0.3) is 10.9 Å². The van der Waals surface area contributed by atoms with Crippen molar-refractivity contribution in [2.45, 2.75) is 32.2 Å². The van der Waals surface area contributed by atoms with Gasteiger partial charge in [-0.25, -0.2) is 15.0 Å². The molecule has 0 unspecified atom stereocenters. The number of anilines is 2. The third-order valence-corrected chi connectivity index (χ3v) is 6.39. The number of fused-ring (bicyclic) bond motifs is 2. The van der Waals surface area contributed by atoms with Gasteiger partial charge in [0, 0.05) is 50.2 Å². The molecule has 1 fully saturated rings. The van der Waals surface area contributed by atoms with Crippen molar-refractivity contribution in [3.8, 4) is 0 Å². The Morgan fingerprint density at radius 2 is 1.81 bits per heavy atom. The lowest BCUT2D eigenvalue weighted by atomic mass is 9.96. The lowest BCUT2D eigenvalue weighted by Crippen LogP contribution is -2.47. The maximum Gasteiger partial charge on any atom is 0.261 e. The van der Waals surface area contributed by atoms with Crippen molar-refractivity contribution in [3.63, 3.8) is 0 Å². The molecule has 1 aromatic carbocycles. The van der Waals surface area contributed by atoms with E-state index in [9.17, 15) is 4.79 Å². The Kier molecular flexibility index (Phi) is 5.55. The van der Waals surface area contributed by atoms with Gasteiger partial charge in [-0.1, -0.05) is 0 Å².